The van der Waals surface area contributed by atoms with E-state index in [0.717, 1.165) is 12.8 Å². The van der Waals surface area contributed by atoms with Crippen LogP contribution in [0.1, 0.15) is 33.6 Å². The van der Waals surface area contributed by atoms with Gasteiger partial charge in [0, 0.05) is 0 Å². The maximum absolute atomic E-state index is 8.95. The molecule has 0 aromatic carbocycles. The largest absolute Gasteiger partial charge is 0.366 e. The highest BCUT2D eigenvalue weighted by Crippen LogP contribution is 2.31. The molecule has 0 bridgehead atoms. The Hall–Kier alpha value is -0.640. The zero-order chi connectivity index (χ0) is 11.5. The van der Waals surface area contributed by atoms with E-state index in [2.05, 4.69) is 12.7 Å². The molecular formula is C12H20O3. The molecule has 15 heavy (non-hydrogen) atoms. The van der Waals surface area contributed by atoms with Gasteiger partial charge < -0.3 is 5.11 Å². The van der Waals surface area contributed by atoms with Crippen LogP contribution in [0.3, 0.4) is 0 Å². The van der Waals surface area contributed by atoms with Crippen molar-refractivity contribution in [1.82, 2.24) is 0 Å². The number of rotatable bonds is 4. The second kappa shape index (κ2) is 4.92. The van der Waals surface area contributed by atoms with Gasteiger partial charge in [-0.25, -0.2) is 9.78 Å². The van der Waals surface area contributed by atoms with Crippen molar-refractivity contribution in [3.63, 3.8) is 0 Å². The SMILES string of the molecule is C=C(C)[C@H]1C=C[C@@](C)(OOC(C)O)CC1. The Morgan fingerprint density at radius 1 is 1.67 bits per heavy atom. The summed E-state index contributed by atoms with van der Waals surface area (Å²) in [7, 11) is 0. The van der Waals surface area contributed by atoms with E-state index in [1.165, 1.54) is 12.5 Å². The van der Waals surface area contributed by atoms with E-state index >= 15 is 0 Å². The zero-order valence-electron chi connectivity index (χ0n) is 9.69. The van der Waals surface area contributed by atoms with Crippen LogP contribution in [-0.4, -0.2) is 17.0 Å². The van der Waals surface area contributed by atoms with Crippen molar-refractivity contribution in [1.29, 1.82) is 0 Å². The molecule has 0 heterocycles. The van der Waals surface area contributed by atoms with Crippen LogP contribution in [-0.2, 0) is 9.78 Å². The molecule has 0 saturated carbocycles. The minimum atomic E-state index is -0.894. The lowest BCUT2D eigenvalue weighted by Crippen LogP contribution is -2.31. The minimum absolute atomic E-state index is 0.428. The van der Waals surface area contributed by atoms with E-state index in [9.17, 15) is 0 Å². The number of hydrogen-bond donors (Lipinski definition) is 1. The van der Waals surface area contributed by atoms with E-state index in [1.807, 2.05) is 19.9 Å². The van der Waals surface area contributed by atoms with Gasteiger partial charge in [-0.1, -0.05) is 24.3 Å². The predicted octanol–water partition coefficient (Wildman–Crippen LogP) is 2.57. The summed E-state index contributed by atoms with van der Waals surface area (Å²) in [6.45, 7) is 9.44. The molecule has 3 nitrogen and oxygen atoms in total. The van der Waals surface area contributed by atoms with Crippen molar-refractivity contribution >= 4 is 0 Å². The number of allylic oxidation sites excluding steroid dienone is 2. The third-order valence-electron chi connectivity index (χ3n) is 2.64. The molecule has 1 aliphatic rings. The van der Waals surface area contributed by atoms with Gasteiger partial charge in [0.05, 0.1) is 0 Å². The first-order valence-electron chi connectivity index (χ1n) is 5.30. The summed E-state index contributed by atoms with van der Waals surface area (Å²) >= 11 is 0. The molecule has 0 spiro atoms. The molecule has 1 unspecified atom stereocenters. The summed E-state index contributed by atoms with van der Waals surface area (Å²) in [5, 5.41) is 8.95. The van der Waals surface area contributed by atoms with E-state index in [0.29, 0.717) is 5.92 Å². The van der Waals surface area contributed by atoms with E-state index in [-0.39, 0.29) is 0 Å². The molecule has 1 aliphatic carbocycles. The van der Waals surface area contributed by atoms with Crippen LogP contribution in [0.4, 0.5) is 0 Å². The first-order valence-corrected chi connectivity index (χ1v) is 5.30. The lowest BCUT2D eigenvalue weighted by atomic mass is 9.83. The average molecular weight is 212 g/mol. The lowest BCUT2D eigenvalue weighted by molar-refractivity contribution is -0.403. The third-order valence-corrected chi connectivity index (χ3v) is 2.64. The van der Waals surface area contributed by atoms with Crippen molar-refractivity contribution in [2.45, 2.75) is 45.5 Å². The topological polar surface area (TPSA) is 38.7 Å². The molecular weight excluding hydrogens is 192 g/mol. The van der Waals surface area contributed by atoms with E-state index < -0.39 is 11.9 Å². The zero-order valence-corrected chi connectivity index (χ0v) is 9.69. The smallest absolute Gasteiger partial charge is 0.185 e. The molecule has 0 saturated heterocycles. The maximum Gasteiger partial charge on any atom is 0.185 e. The Bertz CT molecular complexity index is 258. The Kier molecular flexibility index (Phi) is 4.08. The van der Waals surface area contributed by atoms with Crippen molar-refractivity contribution in [3.05, 3.63) is 24.3 Å². The summed E-state index contributed by atoms with van der Waals surface area (Å²) in [5.74, 6) is 0.438. The van der Waals surface area contributed by atoms with Gasteiger partial charge in [-0.05, 0) is 39.5 Å². The van der Waals surface area contributed by atoms with Crippen molar-refractivity contribution < 1.29 is 14.9 Å². The van der Waals surface area contributed by atoms with Crippen LogP contribution in [0.25, 0.3) is 0 Å². The monoisotopic (exact) mass is 212 g/mol. The summed E-state index contributed by atoms with van der Waals surface area (Å²) in [6, 6.07) is 0. The Morgan fingerprint density at radius 2 is 2.33 bits per heavy atom. The van der Waals surface area contributed by atoms with Crippen LogP contribution in [0.2, 0.25) is 0 Å². The Labute approximate surface area is 91.3 Å². The summed E-state index contributed by atoms with van der Waals surface area (Å²) in [6.07, 6.45) is 5.06. The fraction of sp³-hybridized carbons (Fsp3) is 0.667. The molecule has 3 heteroatoms. The highest BCUT2D eigenvalue weighted by atomic mass is 17.2. The molecule has 0 aliphatic heterocycles. The molecule has 0 amide bonds. The first kappa shape index (κ1) is 12.4. The molecule has 0 radical (unpaired) electrons. The van der Waals surface area contributed by atoms with Gasteiger partial charge in [0.2, 0.25) is 0 Å². The van der Waals surface area contributed by atoms with Crippen LogP contribution >= 0.6 is 0 Å². The summed E-state index contributed by atoms with van der Waals surface area (Å²) < 4.78 is 0. The standard InChI is InChI=1S/C12H20O3/c1-9(2)11-5-7-12(4,8-6-11)15-14-10(3)13/h5,7,10-11,13H,1,6,8H2,2-4H3/t10?,11-,12+/m0/s1. The quantitative estimate of drug-likeness (QED) is 0.337. The maximum atomic E-state index is 8.95. The summed E-state index contributed by atoms with van der Waals surface area (Å²) in [4.78, 5) is 9.96. The number of aliphatic hydroxyl groups is 1. The molecule has 0 aromatic heterocycles. The highest BCUT2D eigenvalue weighted by Gasteiger charge is 2.29. The predicted molar refractivity (Wildman–Crippen MR) is 58.9 cm³/mol. The molecule has 3 atom stereocenters. The van der Waals surface area contributed by atoms with Gasteiger partial charge in [-0.15, -0.1) is 0 Å². The van der Waals surface area contributed by atoms with Crippen molar-refractivity contribution in [2.24, 2.45) is 5.92 Å². The normalized spacial score (nSPS) is 32.7. The highest BCUT2D eigenvalue weighted by molar-refractivity contribution is 5.15. The third kappa shape index (κ3) is 3.78. The second-order valence-corrected chi connectivity index (χ2v) is 4.44. The Morgan fingerprint density at radius 3 is 2.73 bits per heavy atom. The molecule has 0 fully saturated rings. The van der Waals surface area contributed by atoms with Crippen LogP contribution in [0, 0.1) is 5.92 Å². The van der Waals surface area contributed by atoms with Gasteiger partial charge in [0.15, 0.2) is 6.29 Å². The van der Waals surface area contributed by atoms with Gasteiger partial charge in [0.25, 0.3) is 0 Å². The van der Waals surface area contributed by atoms with Gasteiger partial charge in [-0.3, -0.25) is 0 Å². The molecule has 1 rings (SSSR count). The van der Waals surface area contributed by atoms with E-state index in [1.54, 1.807) is 0 Å². The van der Waals surface area contributed by atoms with Gasteiger partial charge >= 0.3 is 0 Å². The fourth-order valence-electron chi connectivity index (χ4n) is 1.60. The first-order chi connectivity index (χ1) is 6.93. The van der Waals surface area contributed by atoms with Crippen molar-refractivity contribution in [3.8, 4) is 0 Å². The fourth-order valence-corrected chi connectivity index (χ4v) is 1.60. The van der Waals surface area contributed by atoms with Gasteiger partial charge in [0.1, 0.15) is 5.60 Å². The van der Waals surface area contributed by atoms with Crippen LogP contribution in [0.5, 0.6) is 0 Å². The summed E-state index contributed by atoms with van der Waals surface area (Å²) in [5.41, 5.74) is 0.743. The van der Waals surface area contributed by atoms with Crippen LogP contribution < -0.4 is 0 Å². The van der Waals surface area contributed by atoms with Crippen LogP contribution in [0.15, 0.2) is 24.3 Å². The number of hydrogen-bond acceptors (Lipinski definition) is 3. The van der Waals surface area contributed by atoms with E-state index in [4.69, 9.17) is 14.9 Å². The average Bonchev–Trinajstić information content (AvgIpc) is 2.16. The molecule has 1 N–H and O–H groups in total. The molecule has 86 valence electrons. The lowest BCUT2D eigenvalue weighted by Gasteiger charge is -2.31. The Balaban J connectivity index is 2.52. The minimum Gasteiger partial charge on any atom is -0.366 e. The van der Waals surface area contributed by atoms with Gasteiger partial charge in [-0.2, -0.15) is 0 Å². The second-order valence-electron chi connectivity index (χ2n) is 4.44. The van der Waals surface area contributed by atoms with Crippen molar-refractivity contribution in [2.75, 3.05) is 0 Å². The molecule has 0 aromatic rings. The number of aliphatic hydroxyl groups excluding tert-OH is 1.